The molecule has 0 radical (unpaired) electrons. The molecule has 2 amide bonds. The molecule has 0 saturated carbocycles. The summed E-state index contributed by atoms with van der Waals surface area (Å²) in [6, 6.07) is -2.16. The smallest absolute Gasteiger partial charge is 0.245 e. The first-order valence-electron chi connectivity index (χ1n) is 8.65. The van der Waals surface area contributed by atoms with Crippen molar-refractivity contribution >= 4 is 17.6 Å². The molecule has 0 spiro atoms. The number of ketones is 1. The number of amides is 2. The number of aliphatic hydroxyl groups is 1. The van der Waals surface area contributed by atoms with E-state index in [-0.39, 0.29) is 30.7 Å². The maximum absolute atomic E-state index is 12.4. The number of aliphatic hydroxyl groups excluding tert-OH is 1. The van der Waals surface area contributed by atoms with Gasteiger partial charge in [-0.3, -0.25) is 14.4 Å². The lowest BCUT2D eigenvalue weighted by atomic mass is 10.0. The monoisotopic (exact) mass is 342 g/mol. The third-order valence-corrected chi connectivity index (χ3v) is 4.20. The van der Waals surface area contributed by atoms with E-state index in [1.54, 1.807) is 6.92 Å². The Kier molecular flexibility index (Phi) is 8.88. The van der Waals surface area contributed by atoms with Crippen LogP contribution in [0.25, 0.3) is 0 Å². The Balaban J connectivity index is 2.69. The highest BCUT2D eigenvalue weighted by Crippen LogP contribution is 2.08. The summed E-state index contributed by atoms with van der Waals surface area (Å²) in [6.07, 6.45) is 2.19. The first kappa shape index (κ1) is 20.5. The first-order valence-corrected chi connectivity index (χ1v) is 8.65. The molecule has 1 saturated heterocycles. The number of carbonyl (C=O) groups excluding carboxylic acids is 3. The second-order valence-electron chi connectivity index (χ2n) is 6.19. The van der Waals surface area contributed by atoms with Crippen molar-refractivity contribution in [2.24, 2.45) is 5.73 Å². The molecule has 0 aromatic rings. The third kappa shape index (κ3) is 6.18. The van der Waals surface area contributed by atoms with Crippen LogP contribution in [0.5, 0.6) is 0 Å². The number of nitrogens with two attached hydrogens (primary N) is 1. The van der Waals surface area contributed by atoms with Gasteiger partial charge in [0, 0.05) is 6.42 Å². The fourth-order valence-corrected chi connectivity index (χ4v) is 2.72. The highest BCUT2D eigenvalue weighted by Gasteiger charge is 2.31. The molecule has 6 N–H and O–H groups in total. The second-order valence-corrected chi connectivity index (χ2v) is 6.19. The lowest BCUT2D eigenvalue weighted by molar-refractivity contribution is -0.134. The van der Waals surface area contributed by atoms with Gasteiger partial charge in [0.1, 0.15) is 6.04 Å². The van der Waals surface area contributed by atoms with Crippen molar-refractivity contribution in [3.05, 3.63) is 0 Å². The maximum atomic E-state index is 12.4. The number of rotatable bonds is 9. The van der Waals surface area contributed by atoms with E-state index in [1.165, 1.54) is 6.92 Å². The van der Waals surface area contributed by atoms with Crippen LogP contribution in [-0.2, 0) is 14.4 Å². The van der Waals surface area contributed by atoms with E-state index in [4.69, 9.17) is 5.73 Å². The minimum absolute atomic E-state index is 0.126. The molecule has 8 heteroatoms. The van der Waals surface area contributed by atoms with E-state index in [9.17, 15) is 19.5 Å². The lowest BCUT2D eigenvalue weighted by Crippen LogP contribution is -2.59. The number of hydrogen-bond acceptors (Lipinski definition) is 6. The van der Waals surface area contributed by atoms with Crippen LogP contribution in [0, 0.1) is 0 Å². The zero-order valence-corrected chi connectivity index (χ0v) is 14.5. The molecule has 1 heterocycles. The summed E-state index contributed by atoms with van der Waals surface area (Å²) in [5.74, 6) is -1.01. The molecule has 0 aliphatic carbocycles. The molecule has 1 fully saturated rings. The number of piperidine rings is 1. The highest BCUT2D eigenvalue weighted by molar-refractivity contribution is 5.93. The van der Waals surface area contributed by atoms with Gasteiger partial charge in [0.05, 0.1) is 18.2 Å². The standard InChI is InChI=1S/C16H30N4O4/c1-3-13(22)11(7-8-17)19-16(24)14(10(2)21)20-15(23)12-6-4-5-9-18-12/h10-12,14,18,21H,3-9,17H2,1-2H3,(H,19,24)(H,20,23)/t10?,11-,12?,14-/m0/s1. The van der Waals surface area contributed by atoms with Gasteiger partial charge in [-0.15, -0.1) is 0 Å². The van der Waals surface area contributed by atoms with Crippen LogP contribution in [0.4, 0.5) is 0 Å². The molecule has 24 heavy (non-hydrogen) atoms. The third-order valence-electron chi connectivity index (χ3n) is 4.20. The zero-order valence-electron chi connectivity index (χ0n) is 14.5. The van der Waals surface area contributed by atoms with Crippen LogP contribution < -0.4 is 21.7 Å². The average molecular weight is 342 g/mol. The summed E-state index contributed by atoms with van der Waals surface area (Å²) >= 11 is 0. The summed E-state index contributed by atoms with van der Waals surface area (Å²) < 4.78 is 0. The molecule has 1 rings (SSSR count). The van der Waals surface area contributed by atoms with Gasteiger partial charge in [-0.05, 0) is 39.3 Å². The summed E-state index contributed by atoms with van der Waals surface area (Å²) in [7, 11) is 0. The second kappa shape index (κ2) is 10.4. The summed E-state index contributed by atoms with van der Waals surface area (Å²) in [6.45, 7) is 4.15. The Morgan fingerprint density at radius 2 is 2.00 bits per heavy atom. The van der Waals surface area contributed by atoms with Crippen molar-refractivity contribution in [3.8, 4) is 0 Å². The number of hydrogen-bond donors (Lipinski definition) is 5. The van der Waals surface area contributed by atoms with E-state index in [1.807, 2.05) is 0 Å². The largest absolute Gasteiger partial charge is 0.391 e. The summed E-state index contributed by atoms with van der Waals surface area (Å²) in [4.78, 5) is 36.5. The van der Waals surface area contributed by atoms with Crippen LogP contribution in [0.2, 0.25) is 0 Å². The molecule has 4 atom stereocenters. The van der Waals surface area contributed by atoms with E-state index in [2.05, 4.69) is 16.0 Å². The Bertz CT molecular complexity index is 436. The molecular weight excluding hydrogens is 312 g/mol. The highest BCUT2D eigenvalue weighted by atomic mass is 16.3. The Labute approximate surface area is 142 Å². The number of nitrogens with one attached hydrogen (secondary N) is 3. The Morgan fingerprint density at radius 1 is 1.29 bits per heavy atom. The predicted molar refractivity (Wildman–Crippen MR) is 90.2 cm³/mol. The molecule has 2 unspecified atom stereocenters. The van der Waals surface area contributed by atoms with E-state index in [0.717, 1.165) is 19.4 Å². The summed E-state index contributed by atoms with van der Waals surface area (Å²) in [5, 5.41) is 18.1. The van der Waals surface area contributed by atoms with Crippen LogP contribution in [0.1, 0.15) is 46.0 Å². The molecule has 0 aromatic carbocycles. The van der Waals surface area contributed by atoms with Gasteiger partial charge in [-0.25, -0.2) is 0 Å². The van der Waals surface area contributed by atoms with Crippen LogP contribution in [-0.4, -0.2) is 60.0 Å². The van der Waals surface area contributed by atoms with Gasteiger partial charge < -0.3 is 26.8 Å². The van der Waals surface area contributed by atoms with Crippen LogP contribution in [0.15, 0.2) is 0 Å². The van der Waals surface area contributed by atoms with Gasteiger partial charge in [-0.1, -0.05) is 13.3 Å². The minimum Gasteiger partial charge on any atom is -0.391 e. The van der Waals surface area contributed by atoms with Crippen LogP contribution in [0.3, 0.4) is 0 Å². The fraction of sp³-hybridized carbons (Fsp3) is 0.812. The van der Waals surface area contributed by atoms with Crippen molar-refractivity contribution in [1.29, 1.82) is 0 Å². The first-order chi connectivity index (χ1) is 11.4. The van der Waals surface area contributed by atoms with Gasteiger partial charge in [-0.2, -0.15) is 0 Å². The van der Waals surface area contributed by atoms with Crippen molar-refractivity contribution in [1.82, 2.24) is 16.0 Å². The van der Waals surface area contributed by atoms with Gasteiger partial charge in [0.2, 0.25) is 11.8 Å². The number of Topliss-reactive ketones (excluding diaryl/α,β-unsaturated/α-hetero) is 1. The van der Waals surface area contributed by atoms with E-state index in [0.29, 0.717) is 12.8 Å². The molecule has 1 aliphatic heterocycles. The number of carbonyl (C=O) groups is 3. The van der Waals surface area contributed by atoms with Gasteiger partial charge in [0.25, 0.3) is 0 Å². The molecule has 8 nitrogen and oxygen atoms in total. The normalized spacial score (nSPS) is 21.4. The average Bonchev–Trinajstić information content (AvgIpc) is 2.58. The van der Waals surface area contributed by atoms with Crippen LogP contribution >= 0.6 is 0 Å². The quantitative estimate of drug-likeness (QED) is 0.358. The molecular formula is C16H30N4O4. The van der Waals surface area contributed by atoms with Gasteiger partial charge >= 0.3 is 0 Å². The molecule has 0 bridgehead atoms. The molecule has 138 valence electrons. The van der Waals surface area contributed by atoms with Crippen molar-refractivity contribution in [2.75, 3.05) is 13.1 Å². The van der Waals surface area contributed by atoms with E-state index < -0.39 is 24.1 Å². The fourth-order valence-electron chi connectivity index (χ4n) is 2.72. The van der Waals surface area contributed by atoms with Crippen molar-refractivity contribution in [3.63, 3.8) is 0 Å². The Morgan fingerprint density at radius 3 is 2.50 bits per heavy atom. The maximum Gasteiger partial charge on any atom is 0.245 e. The van der Waals surface area contributed by atoms with Crippen molar-refractivity contribution in [2.45, 2.75) is 70.2 Å². The zero-order chi connectivity index (χ0) is 18.1. The molecule has 1 aliphatic rings. The molecule has 0 aromatic heterocycles. The minimum atomic E-state index is -1.11. The lowest BCUT2D eigenvalue weighted by Gasteiger charge is -2.28. The van der Waals surface area contributed by atoms with Gasteiger partial charge in [0.15, 0.2) is 5.78 Å². The Hall–Kier alpha value is -1.51. The topological polar surface area (TPSA) is 134 Å². The SMILES string of the molecule is CCC(=O)[C@H](CCN)NC(=O)[C@@H](NC(=O)C1CCCCN1)C(C)O. The summed E-state index contributed by atoms with van der Waals surface area (Å²) in [5.41, 5.74) is 5.48. The van der Waals surface area contributed by atoms with Crippen molar-refractivity contribution < 1.29 is 19.5 Å². The van der Waals surface area contributed by atoms with E-state index >= 15 is 0 Å². The predicted octanol–water partition coefficient (Wildman–Crippen LogP) is -1.19.